The molecule has 0 bridgehead atoms. The van der Waals surface area contributed by atoms with Gasteiger partial charge in [0.25, 0.3) is 11.7 Å². The van der Waals surface area contributed by atoms with Crippen LogP contribution in [0.1, 0.15) is 28.3 Å². The molecule has 4 rings (SSSR count). The van der Waals surface area contributed by atoms with Gasteiger partial charge in [-0.2, -0.15) is 0 Å². The molecule has 4 nitrogen and oxygen atoms in total. The van der Waals surface area contributed by atoms with Crippen molar-refractivity contribution in [2.75, 3.05) is 4.90 Å². The highest BCUT2D eigenvalue weighted by Crippen LogP contribution is 2.44. The van der Waals surface area contributed by atoms with Crippen LogP contribution in [0.5, 0.6) is 0 Å². The van der Waals surface area contributed by atoms with Gasteiger partial charge in [-0.3, -0.25) is 14.5 Å². The van der Waals surface area contributed by atoms with Crippen molar-refractivity contribution in [3.05, 3.63) is 105 Å². The first-order chi connectivity index (χ1) is 14.8. The number of Topliss-reactive ketones (excluding diaryl/α,β-unsaturated/α-hetero) is 1. The van der Waals surface area contributed by atoms with E-state index in [0.29, 0.717) is 16.3 Å². The second kappa shape index (κ2) is 8.22. The number of ketones is 1. The Morgan fingerprint density at radius 2 is 1.58 bits per heavy atom. The van der Waals surface area contributed by atoms with Crippen LogP contribution in [0.4, 0.5) is 5.69 Å². The number of hydrogen-bond acceptors (Lipinski definition) is 3. The van der Waals surface area contributed by atoms with Gasteiger partial charge in [-0.25, -0.2) is 0 Å². The summed E-state index contributed by atoms with van der Waals surface area (Å²) in [6.45, 7) is 3.83. The van der Waals surface area contributed by atoms with E-state index in [0.717, 1.165) is 16.7 Å². The number of anilines is 1. The van der Waals surface area contributed by atoms with E-state index in [2.05, 4.69) is 0 Å². The fourth-order valence-corrected chi connectivity index (χ4v) is 4.08. The monoisotopic (exact) mass is 451 g/mol. The van der Waals surface area contributed by atoms with Gasteiger partial charge in [0.05, 0.1) is 21.7 Å². The maximum atomic E-state index is 13.2. The molecule has 6 heteroatoms. The zero-order chi connectivity index (χ0) is 22.3. The molecule has 3 aromatic rings. The van der Waals surface area contributed by atoms with Crippen LogP contribution in [0, 0.1) is 13.8 Å². The Hall–Kier alpha value is -3.08. The van der Waals surface area contributed by atoms with Gasteiger partial charge in [0.2, 0.25) is 0 Å². The number of carbonyl (C=O) groups excluding carboxylic acids is 2. The third kappa shape index (κ3) is 3.73. The number of rotatable bonds is 3. The van der Waals surface area contributed by atoms with Crippen molar-refractivity contribution in [3.8, 4) is 0 Å². The molecule has 1 aliphatic heterocycles. The van der Waals surface area contributed by atoms with E-state index in [1.807, 2.05) is 50.2 Å². The number of benzene rings is 3. The first-order valence-electron chi connectivity index (χ1n) is 9.68. The first kappa shape index (κ1) is 21.2. The lowest BCUT2D eigenvalue weighted by Gasteiger charge is -2.27. The van der Waals surface area contributed by atoms with Crippen molar-refractivity contribution in [2.45, 2.75) is 19.9 Å². The highest BCUT2D eigenvalue weighted by molar-refractivity contribution is 6.52. The second-order valence-electron chi connectivity index (χ2n) is 7.49. The van der Waals surface area contributed by atoms with Crippen LogP contribution in [0.3, 0.4) is 0 Å². The summed E-state index contributed by atoms with van der Waals surface area (Å²) in [4.78, 5) is 27.7. The molecule has 1 aliphatic rings. The average Bonchev–Trinajstić information content (AvgIpc) is 3.01. The van der Waals surface area contributed by atoms with E-state index in [-0.39, 0.29) is 16.4 Å². The fourth-order valence-electron chi connectivity index (χ4n) is 3.79. The smallest absolute Gasteiger partial charge is 0.300 e. The molecule has 0 aromatic heterocycles. The van der Waals surface area contributed by atoms with Gasteiger partial charge in [-0.05, 0) is 43.2 Å². The minimum atomic E-state index is -0.806. The molecular weight excluding hydrogens is 433 g/mol. The summed E-state index contributed by atoms with van der Waals surface area (Å²) >= 11 is 12.2. The summed E-state index contributed by atoms with van der Waals surface area (Å²) in [5.74, 6) is -1.70. The molecule has 156 valence electrons. The van der Waals surface area contributed by atoms with Crippen LogP contribution in [0.25, 0.3) is 5.76 Å². The van der Waals surface area contributed by atoms with Gasteiger partial charge < -0.3 is 5.11 Å². The van der Waals surface area contributed by atoms with E-state index in [9.17, 15) is 14.7 Å². The highest BCUT2D eigenvalue weighted by Gasteiger charge is 2.47. The predicted molar refractivity (Wildman–Crippen MR) is 124 cm³/mol. The molecule has 1 heterocycles. The Bertz CT molecular complexity index is 1230. The molecule has 1 unspecified atom stereocenters. The molecule has 1 atom stereocenters. The van der Waals surface area contributed by atoms with Crippen LogP contribution in [-0.2, 0) is 9.59 Å². The van der Waals surface area contributed by atoms with Crippen molar-refractivity contribution >= 4 is 46.3 Å². The van der Waals surface area contributed by atoms with Crippen molar-refractivity contribution < 1.29 is 14.7 Å². The Kier molecular flexibility index (Phi) is 5.61. The Labute approximate surface area is 190 Å². The van der Waals surface area contributed by atoms with Crippen LogP contribution in [0.15, 0.2) is 72.3 Å². The Morgan fingerprint density at radius 3 is 2.23 bits per heavy atom. The van der Waals surface area contributed by atoms with Gasteiger partial charge in [0, 0.05) is 11.3 Å². The van der Waals surface area contributed by atoms with Crippen molar-refractivity contribution in [2.24, 2.45) is 0 Å². The summed E-state index contributed by atoms with van der Waals surface area (Å²) in [7, 11) is 0. The number of aliphatic hydroxyl groups is 1. The van der Waals surface area contributed by atoms with Gasteiger partial charge in [-0.15, -0.1) is 0 Å². The van der Waals surface area contributed by atoms with Crippen molar-refractivity contribution in [1.82, 2.24) is 0 Å². The maximum absolute atomic E-state index is 13.2. The third-order valence-electron chi connectivity index (χ3n) is 5.43. The maximum Gasteiger partial charge on any atom is 0.300 e. The minimum Gasteiger partial charge on any atom is -0.507 e. The lowest BCUT2D eigenvalue weighted by Crippen LogP contribution is -2.29. The predicted octanol–water partition coefficient (Wildman–Crippen LogP) is 6.24. The van der Waals surface area contributed by atoms with Crippen molar-refractivity contribution in [3.63, 3.8) is 0 Å². The van der Waals surface area contributed by atoms with E-state index >= 15 is 0 Å². The zero-order valence-corrected chi connectivity index (χ0v) is 18.4. The third-order valence-corrected chi connectivity index (χ3v) is 6.17. The second-order valence-corrected chi connectivity index (χ2v) is 8.30. The largest absolute Gasteiger partial charge is 0.507 e. The topological polar surface area (TPSA) is 57.6 Å². The molecule has 0 saturated carbocycles. The summed E-state index contributed by atoms with van der Waals surface area (Å²) in [5.41, 5.74) is 3.57. The lowest BCUT2D eigenvalue weighted by molar-refractivity contribution is -0.132. The number of aliphatic hydroxyl groups excluding tert-OH is 1. The molecule has 1 N–H and O–H groups in total. The SMILES string of the molecule is Cc1ccc(/C(O)=C2\C(=O)C(=O)N(c3ccc(Cl)c(Cl)c3)C2c2ccccc2C)cc1. The minimum absolute atomic E-state index is 0.0363. The molecule has 1 amide bonds. The van der Waals surface area contributed by atoms with E-state index in [1.165, 1.54) is 4.90 Å². The molecule has 31 heavy (non-hydrogen) atoms. The van der Waals surface area contributed by atoms with E-state index in [1.54, 1.807) is 30.3 Å². The molecule has 1 fully saturated rings. The van der Waals surface area contributed by atoms with Gasteiger partial charge >= 0.3 is 0 Å². The number of carbonyl (C=O) groups is 2. The Balaban J connectivity index is 1.98. The number of aryl methyl sites for hydroxylation is 2. The standard InChI is InChI=1S/C25H19Cl2NO3/c1-14-7-9-16(10-8-14)23(29)21-22(18-6-4-3-5-15(18)2)28(25(31)24(21)30)17-11-12-19(26)20(27)13-17/h3-13,22,29H,1-2H3/b23-21+. The summed E-state index contributed by atoms with van der Waals surface area (Å²) in [6, 6.07) is 18.6. The van der Waals surface area contributed by atoms with Crippen LogP contribution in [0.2, 0.25) is 10.0 Å². The molecule has 0 aliphatic carbocycles. The van der Waals surface area contributed by atoms with Gasteiger partial charge in [0.15, 0.2) is 0 Å². The summed E-state index contributed by atoms with van der Waals surface area (Å²) in [5, 5.41) is 11.7. The highest BCUT2D eigenvalue weighted by atomic mass is 35.5. The lowest BCUT2D eigenvalue weighted by atomic mass is 9.92. The average molecular weight is 452 g/mol. The number of halogens is 2. The van der Waals surface area contributed by atoms with E-state index < -0.39 is 17.7 Å². The molecule has 0 spiro atoms. The number of nitrogens with zero attached hydrogens (tertiary/aromatic N) is 1. The first-order valence-corrected chi connectivity index (χ1v) is 10.4. The molecular formula is C25H19Cl2NO3. The van der Waals surface area contributed by atoms with E-state index in [4.69, 9.17) is 23.2 Å². The summed E-state index contributed by atoms with van der Waals surface area (Å²) < 4.78 is 0. The Morgan fingerprint density at radius 1 is 0.903 bits per heavy atom. The summed E-state index contributed by atoms with van der Waals surface area (Å²) in [6.07, 6.45) is 0. The number of hydrogen-bond donors (Lipinski definition) is 1. The molecule has 3 aromatic carbocycles. The van der Waals surface area contributed by atoms with Crippen LogP contribution < -0.4 is 4.90 Å². The molecule has 0 radical (unpaired) electrons. The van der Waals surface area contributed by atoms with Crippen molar-refractivity contribution in [1.29, 1.82) is 0 Å². The van der Waals surface area contributed by atoms with Crippen LogP contribution >= 0.6 is 23.2 Å². The van der Waals surface area contributed by atoms with Gasteiger partial charge in [-0.1, -0.05) is 77.3 Å². The number of amides is 1. The fraction of sp³-hybridized carbons (Fsp3) is 0.120. The quantitative estimate of drug-likeness (QED) is 0.291. The normalized spacial score (nSPS) is 17.9. The molecule has 1 saturated heterocycles. The van der Waals surface area contributed by atoms with Gasteiger partial charge in [0.1, 0.15) is 5.76 Å². The van der Waals surface area contributed by atoms with Crippen LogP contribution in [-0.4, -0.2) is 16.8 Å². The zero-order valence-electron chi connectivity index (χ0n) is 16.9.